The van der Waals surface area contributed by atoms with Crippen molar-refractivity contribution in [2.75, 3.05) is 25.0 Å². The maximum atomic E-state index is 11.8. The molecule has 0 saturated carbocycles. The lowest BCUT2D eigenvalue weighted by atomic mass is 10.2. The fourth-order valence-corrected chi connectivity index (χ4v) is 1.85. The number of nitrogens with one attached hydrogen (secondary N) is 2. The first-order chi connectivity index (χ1) is 8.70. The van der Waals surface area contributed by atoms with E-state index in [-0.39, 0.29) is 18.5 Å². The Morgan fingerprint density at radius 1 is 1.44 bits per heavy atom. The Balaban J connectivity index is 1.96. The van der Waals surface area contributed by atoms with Gasteiger partial charge in [-0.05, 0) is 11.6 Å². The number of amides is 3. The van der Waals surface area contributed by atoms with Gasteiger partial charge < -0.3 is 21.3 Å². The topological polar surface area (TPSA) is 87.5 Å². The zero-order chi connectivity index (χ0) is 13.0. The van der Waals surface area contributed by atoms with Gasteiger partial charge in [0.2, 0.25) is 5.91 Å². The number of nitrogens with zero attached hydrogens (tertiary/aromatic N) is 1. The molecule has 1 aliphatic rings. The molecule has 3 amide bonds. The molecule has 1 heterocycles. The summed E-state index contributed by atoms with van der Waals surface area (Å²) >= 11 is 0. The molecule has 2 rings (SSSR count). The van der Waals surface area contributed by atoms with Gasteiger partial charge in [-0.2, -0.15) is 0 Å². The smallest absolute Gasteiger partial charge is 0.317 e. The first kappa shape index (κ1) is 12.4. The van der Waals surface area contributed by atoms with Crippen LogP contribution in [0.5, 0.6) is 0 Å². The van der Waals surface area contributed by atoms with Crippen molar-refractivity contribution < 1.29 is 9.59 Å². The van der Waals surface area contributed by atoms with Gasteiger partial charge in [0, 0.05) is 25.3 Å². The second kappa shape index (κ2) is 5.50. The molecule has 1 aromatic carbocycles. The van der Waals surface area contributed by atoms with Crippen LogP contribution in [0, 0.1) is 0 Å². The third kappa shape index (κ3) is 2.78. The van der Waals surface area contributed by atoms with E-state index in [2.05, 4.69) is 10.6 Å². The summed E-state index contributed by atoms with van der Waals surface area (Å²) < 4.78 is 0. The van der Waals surface area contributed by atoms with Crippen LogP contribution in [-0.4, -0.2) is 36.5 Å². The highest BCUT2D eigenvalue weighted by Gasteiger charge is 2.21. The molecule has 0 aromatic heterocycles. The first-order valence-corrected chi connectivity index (χ1v) is 5.81. The van der Waals surface area contributed by atoms with Crippen LogP contribution in [0.15, 0.2) is 24.3 Å². The Labute approximate surface area is 105 Å². The van der Waals surface area contributed by atoms with Gasteiger partial charge in [0.05, 0.1) is 0 Å². The van der Waals surface area contributed by atoms with E-state index in [0.29, 0.717) is 25.3 Å². The molecule has 1 fully saturated rings. The second-order valence-electron chi connectivity index (χ2n) is 4.06. The summed E-state index contributed by atoms with van der Waals surface area (Å²) in [5.41, 5.74) is 7.16. The van der Waals surface area contributed by atoms with Gasteiger partial charge in [0.1, 0.15) is 6.54 Å². The fourth-order valence-electron chi connectivity index (χ4n) is 1.85. The highest BCUT2D eigenvalue weighted by atomic mass is 16.2. The number of hydrogen-bond donors (Lipinski definition) is 3. The Bertz CT molecular complexity index is 461. The predicted octanol–water partition coefficient (Wildman–Crippen LogP) is 0.109. The quantitative estimate of drug-likeness (QED) is 0.706. The summed E-state index contributed by atoms with van der Waals surface area (Å²) in [7, 11) is 0. The number of carbonyl (C=O) groups is 2. The van der Waals surface area contributed by atoms with E-state index in [1.54, 1.807) is 6.07 Å². The lowest BCUT2D eigenvalue weighted by Crippen LogP contribution is -2.35. The van der Waals surface area contributed by atoms with Crippen molar-refractivity contribution in [2.24, 2.45) is 5.73 Å². The average molecular weight is 248 g/mol. The number of hydrogen-bond acceptors (Lipinski definition) is 3. The van der Waals surface area contributed by atoms with Crippen LogP contribution in [-0.2, 0) is 11.3 Å². The standard InChI is InChI=1S/C12H16N4O2/c13-7-9-3-1-2-4-10(9)15-11(17)8-16-6-5-14-12(16)18/h1-4H,5-8,13H2,(H,14,18)(H,15,17). The molecule has 96 valence electrons. The Hall–Kier alpha value is -2.08. The summed E-state index contributed by atoms with van der Waals surface area (Å²) in [4.78, 5) is 24.6. The van der Waals surface area contributed by atoms with Crippen LogP contribution in [0.3, 0.4) is 0 Å². The van der Waals surface area contributed by atoms with E-state index in [1.807, 2.05) is 18.2 Å². The van der Waals surface area contributed by atoms with Crippen molar-refractivity contribution in [2.45, 2.75) is 6.54 Å². The molecule has 0 unspecified atom stereocenters. The molecular formula is C12H16N4O2. The Kier molecular flexibility index (Phi) is 3.78. The van der Waals surface area contributed by atoms with Crippen molar-refractivity contribution in [1.29, 1.82) is 0 Å². The van der Waals surface area contributed by atoms with Gasteiger partial charge in [0.25, 0.3) is 0 Å². The van der Waals surface area contributed by atoms with E-state index >= 15 is 0 Å². The molecule has 1 aromatic rings. The molecule has 6 heteroatoms. The minimum Gasteiger partial charge on any atom is -0.336 e. The zero-order valence-electron chi connectivity index (χ0n) is 9.98. The van der Waals surface area contributed by atoms with Crippen molar-refractivity contribution >= 4 is 17.6 Å². The highest BCUT2D eigenvalue weighted by molar-refractivity contribution is 5.95. The SMILES string of the molecule is NCc1ccccc1NC(=O)CN1CCNC1=O. The van der Waals surface area contributed by atoms with Crippen LogP contribution in [0.4, 0.5) is 10.5 Å². The third-order valence-electron chi connectivity index (χ3n) is 2.79. The zero-order valence-corrected chi connectivity index (χ0v) is 9.98. The summed E-state index contributed by atoms with van der Waals surface area (Å²) in [6.07, 6.45) is 0. The number of para-hydroxylation sites is 1. The third-order valence-corrected chi connectivity index (χ3v) is 2.79. The first-order valence-electron chi connectivity index (χ1n) is 5.81. The number of rotatable bonds is 4. The minimum atomic E-state index is -0.215. The fraction of sp³-hybridized carbons (Fsp3) is 0.333. The largest absolute Gasteiger partial charge is 0.336 e. The highest BCUT2D eigenvalue weighted by Crippen LogP contribution is 2.14. The summed E-state index contributed by atoms with van der Waals surface area (Å²) in [5.74, 6) is -0.215. The lowest BCUT2D eigenvalue weighted by Gasteiger charge is -2.15. The summed E-state index contributed by atoms with van der Waals surface area (Å²) in [5, 5.41) is 5.42. The molecule has 0 spiro atoms. The molecular weight excluding hydrogens is 232 g/mol. The molecule has 18 heavy (non-hydrogen) atoms. The summed E-state index contributed by atoms with van der Waals surface area (Å²) in [6.45, 7) is 1.57. The second-order valence-corrected chi connectivity index (χ2v) is 4.06. The molecule has 4 N–H and O–H groups in total. The van der Waals surface area contributed by atoms with Crippen molar-refractivity contribution in [3.05, 3.63) is 29.8 Å². The number of urea groups is 1. The van der Waals surface area contributed by atoms with Gasteiger partial charge in [0.15, 0.2) is 0 Å². The van der Waals surface area contributed by atoms with Gasteiger partial charge in [-0.3, -0.25) is 4.79 Å². The molecule has 1 saturated heterocycles. The van der Waals surface area contributed by atoms with E-state index in [9.17, 15) is 9.59 Å². The van der Waals surface area contributed by atoms with Gasteiger partial charge in [-0.25, -0.2) is 4.79 Å². The monoisotopic (exact) mass is 248 g/mol. The van der Waals surface area contributed by atoms with Crippen molar-refractivity contribution in [1.82, 2.24) is 10.2 Å². The van der Waals surface area contributed by atoms with E-state index < -0.39 is 0 Å². The van der Waals surface area contributed by atoms with Crippen LogP contribution >= 0.6 is 0 Å². The van der Waals surface area contributed by atoms with Crippen molar-refractivity contribution in [3.8, 4) is 0 Å². The molecule has 1 aliphatic heterocycles. The molecule has 6 nitrogen and oxygen atoms in total. The van der Waals surface area contributed by atoms with Crippen LogP contribution in [0.1, 0.15) is 5.56 Å². The van der Waals surface area contributed by atoms with E-state index in [4.69, 9.17) is 5.73 Å². The Morgan fingerprint density at radius 3 is 2.89 bits per heavy atom. The number of nitrogens with two attached hydrogens (primary N) is 1. The van der Waals surface area contributed by atoms with Crippen molar-refractivity contribution in [3.63, 3.8) is 0 Å². The Morgan fingerprint density at radius 2 is 2.22 bits per heavy atom. The van der Waals surface area contributed by atoms with E-state index in [0.717, 1.165) is 5.56 Å². The molecule has 0 atom stereocenters. The van der Waals surface area contributed by atoms with E-state index in [1.165, 1.54) is 4.90 Å². The maximum Gasteiger partial charge on any atom is 0.317 e. The van der Waals surface area contributed by atoms with Gasteiger partial charge >= 0.3 is 6.03 Å². The lowest BCUT2D eigenvalue weighted by molar-refractivity contribution is -0.116. The summed E-state index contributed by atoms with van der Waals surface area (Å²) in [6, 6.07) is 7.16. The van der Waals surface area contributed by atoms with Crippen LogP contribution in [0.2, 0.25) is 0 Å². The molecule has 0 bridgehead atoms. The van der Waals surface area contributed by atoms with Gasteiger partial charge in [-0.15, -0.1) is 0 Å². The molecule has 0 aliphatic carbocycles. The maximum absolute atomic E-state index is 11.8. The normalized spacial score (nSPS) is 14.5. The number of carbonyl (C=O) groups excluding carboxylic acids is 2. The van der Waals surface area contributed by atoms with Gasteiger partial charge in [-0.1, -0.05) is 18.2 Å². The molecule has 0 radical (unpaired) electrons. The van der Waals surface area contributed by atoms with Crippen LogP contribution in [0.25, 0.3) is 0 Å². The number of anilines is 1. The number of benzene rings is 1. The predicted molar refractivity (Wildman–Crippen MR) is 67.9 cm³/mol. The minimum absolute atomic E-state index is 0.0603. The average Bonchev–Trinajstić information content (AvgIpc) is 2.75. The van der Waals surface area contributed by atoms with Crippen LogP contribution < -0.4 is 16.4 Å².